The van der Waals surface area contributed by atoms with Gasteiger partial charge in [0.2, 0.25) is 0 Å². The molecular formula is C15H12N4O3. The normalized spacial score (nSPS) is 10.6. The highest BCUT2D eigenvalue weighted by Gasteiger charge is 2.26. The van der Waals surface area contributed by atoms with Crippen LogP contribution in [0.2, 0.25) is 0 Å². The molecule has 3 aromatic rings. The van der Waals surface area contributed by atoms with Crippen LogP contribution in [0.25, 0.3) is 16.7 Å². The monoisotopic (exact) mass is 296 g/mol. The van der Waals surface area contributed by atoms with E-state index in [-0.39, 0.29) is 5.69 Å². The Morgan fingerprint density at radius 2 is 1.91 bits per heavy atom. The number of anilines is 1. The quantitative estimate of drug-likeness (QED) is 0.591. The Morgan fingerprint density at radius 3 is 2.55 bits per heavy atom. The standard InChI is InChI=1S/C15H12N4O3/c1-16-12-11-8-5-9-17-14(11)18(10-6-3-2-4-7-10)15(20)13(12)19(21)22/h2-9,16H,1H3. The SMILES string of the molecule is CNc1c([N+](=O)[O-])c(=O)n(-c2ccccc2)c2ncccc12. The summed E-state index contributed by atoms with van der Waals surface area (Å²) in [6.45, 7) is 0. The van der Waals surface area contributed by atoms with E-state index >= 15 is 0 Å². The third kappa shape index (κ3) is 1.99. The molecule has 1 N–H and O–H groups in total. The van der Waals surface area contributed by atoms with Crippen LogP contribution >= 0.6 is 0 Å². The van der Waals surface area contributed by atoms with E-state index in [4.69, 9.17) is 0 Å². The van der Waals surface area contributed by atoms with Crippen molar-refractivity contribution in [3.8, 4) is 5.69 Å². The number of nitrogens with one attached hydrogen (secondary N) is 1. The lowest BCUT2D eigenvalue weighted by Crippen LogP contribution is -2.23. The molecule has 2 heterocycles. The first-order chi connectivity index (χ1) is 10.6. The average molecular weight is 296 g/mol. The van der Waals surface area contributed by atoms with E-state index in [9.17, 15) is 14.9 Å². The second-order valence-corrected chi connectivity index (χ2v) is 4.58. The van der Waals surface area contributed by atoms with E-state index in [1.807, 2.05) is 0 Å². The first-order valence-electron chi connectivity index (χ1n) is 6.56. The van der Waals surface area contributed by atoms with Crippen LogP contribution in [0.1, 0.15) is 0 Å². The van der Waals surface area contributed by atoms with Crippen molar-refractivity contribution in [3.05, 3.63) is 69.1 Å². The summed E-state index contributed by atoms with van der Waals surface area (Å²) in [6.07, 6.45) is 1.55. The van der Waals surface area contributed by atoms with Gasteiger partial charge in [0, 0.05) is 18.6 Å². The number of rotatable bonds is 3. The molecular weight excluding hydrogens is 284 g/mol. The molecule has 0 unspecified atom stereocenters. The van der Waals surface area contributed by atoms with Crippen LogP contribution in [-0.2, 0) is 0 Å². The van der Waals surface area contributed by atoms with Gasteiger partial charge in [0.1, 0.15) is 11.3 Å². The molecule has 0 fully saturated rings. The number of nitrogens with zero attached hydrogens (tertiary/aromatic N) is 3. The van der Waals surface area contributed by atoms with Crippen LogP contribution in [0.3, 0.4) is 0 Å². The Kier molecular flexibility index (Phi) is 3.30. The van der Waals surface area contributed by atoms with E-state index in [0.29, 0.717) is 16.7 Å². The zero-order valence-corrected chi connectivity index (χ0v) is 11.7. The molecule has 2 aromatic heterocycles. The van der Waals surface area contributed by atoms with Gasteiger partial charge >= 0.3 is 11.2 Å². The lowest BCUT2D eigenvalue weighted by Gasteiger charge is -2.12. The maximum absolute atomic E-state index is 12.6. The minimum atomic E-state index is -0.716. The topological polar surface area (TPSA) is 90.1 Å². The second kappa shape index (κ2) is 5.28. The number of hydrogen-bond donors (Lipinski definition) is 1. The molecule has 0 bridgehead atoms. The van der Waals surface area contributed by atoms with E-state index in [0.717, 1.165) is 0 Å². The largest absolute Gasteiger partial charge is 0.382 e. The van der Waals surface area contributed by atoms with Gasteiger partial charge in [0.25, 0.3) is 0 Å². The van der Waals surface area contributed by atoms with Gasteiger partial charge in [-0.2, -0.15) is 0 Å². The minimum Gasteiger partial charge on any atom is -0.382 e. The Morgan fingerprint density at radius 1 is 1.18 bits per heavy atom. The minimum absolute atomic E-state index is 0.172. The molecule has 0 amide bonds. The third-order valence-corrected chi connectivity index (χ3v) is 3.36. The highest BCUT2D eigenvalue weighted by atomic mass is 16.6. The molecule has 3 rings (SSSR count). The molecule has 0 radical (unpaired) electrons. The van der Waals surface area contributed by atoms with E-state index in [1.165, 1.54) is 4.57 Å². The first kappa shape index (κ1) is 13.7. The molecule has 7 nitrogen and oxygen atoms in total. The Balaban J connectivity index is 2.55. The summed E-state index contributed by atoms with van der Waals surface area (Å²) in [4.78, 5) is 27.6. The van der Waals surface area contributed by atoms with Crippen molar-refractivity contribution in [2.24, 2.45) is 0 Å². The number of hydrogen-bond acceptors (Lipinski definition) is 5. The number of nitro groups is 1. The number of pyridine rings is 2. The van der Waals surface area contributed by atoms with Gasteiger partial charge in [-0.05, 0) is 24.3 Å². The van der Waals surface area contributed by atoms with Gasteiger partial charge in [0.05, 0.1) is 10.6 Å². The smallest absolute Gasteiger partial charge is 0.358 e. The molecule has 0 aliphatic rings. The second-order valence-electron chi connectivity index (χ2n) is 4.58. The zero-order chi connectivity index (χ0) is 15.7. The van der Waals surface area contributed by atoms with Crippen LogP contribution in [0, 0.1) is 10.1 Å². The number of benzene rings is 1. The van der Waals surface area contributed by atoms with E-state index in [2.05, 4.69) is 10.3 Å². The summed E-state index contributed by atoms with van der Waals surface area (Å²) >= 11 is 0. The molecule has 0 aliphatic heterocycles. The highest BCUT2D eigenvalue weighted by molar-refractivity contribution is 5.94. The van der Waals surface area contributed by atoms with Crippen LogP contribution in [0.4, 0.5) is 11.4 Å². The summed E-state index contributed by atoms with van der Waals surface area (Å²) in [5.41, 5.74) is -0.139. The Bertz CT molecular complexity index is 919. The Hall–Kier alpha value is -3.22. The van der Waals surface area contributed by atoms with Crippen molar-refractivity contribution in [1.29, 1.82) is 0 Å². The highest BCUT2D eigenvalue weighted by Crippen LogP contribution is 2.29. The van der Waals surface area contributed by atoms with Crippen LogP contribution < -0.4 is 10.9 Å². The van der Waals surface area contributed by atoms with Crippen LogP contribution in [-0.4, -0.2) is 21.5 Å². The zero-order valence-electron chi connectivity index (χ0n) is 11.7. The van der Waals surface area contributed by atoms with Gasteiger partial charge in [-0.25, -0.2) is 4.98 Å². The van der Waals surface area contributed by atoms with Crippen LogP contribution in [0.5, 0.6) is 0 Å². The lowest BCUT2D eigenvalue weighted by molar-refractivity contribution is -0.385. The third-order valence-electron chi connectivity index (χ3n) is 3.36. The van der Waals surface area contributed by atoms with Crippen molar-refractivity contribution >= 4 is 22.4 Å². The van der Waals surface area contributed by atoms with Crippen molar-refractivity contribution in [2.75, 3.05) is 12.4 Å². The van der Waals surface area contributed by atoms with Crippen molar-refractivity contribution in [2.45, 2.75) is 0 Å². The molecule has 1 aromatic carbocycles. The number of aromatic nitrogens is 2. The lowest BCUT2D eigenvalue weighted by atomic mass is 10.2. The molecule has 0 saturated heterocycles. The van der Waals surface area contributed by atoms with Gasteiger partial charge in [-0.1, -0.05) is 18.2 Å². The molecule has 0 saturated carbocycles. The predicted octanol–water partition coefficient (Wildman–Crippen LogP) is 2.34. The summed E-state index contributed by atoms with van der Waals surface area (Å²) in [6, 6.07) is 12.1. The van der Waals surface area contributed by atoms with E-state index in [1.54, 1.807) is 55.7 Å². The maximum atomic E-state index is 12.6. The molecule has 0 atom stereocenters. The fraction of sp³-hybridized carbons (Fsp3) is 0.0667. The van der Waals surface area contributed by atoms with Gasteiger partial charge < -0.3 is 5.32 Å². The predicted molar refractivity (Wildman–Crippen MR) is 83.5 cm³/mol. The van der Waals surface area contributed by atoms with Crippen molar-refractivity contribution < 1.29 is 4.92 Å². The van der Waals surface area contributed by atoms with E-state index < -0.39 is 16.2 Å². The maximum Gasteiger partial charge on any atom is 0.358 e. The van der Waals surface area contributed by atoms with Crippen molar-refractivity contribution in [1.82, 2.24) is 9.55 Å². The first-order valence-corrected chi connectivity index (χ1v) is 6.56. The Labute approximate surface area is 125 Å². The summed E-state index contributed by atoms with van der Waals surface area (Å²) in [5.74, 6) is 0. The van der Waals surface area contributed by atoms with Crippen molar-refractivity contribution in [3.63, 3.8) is 0 Å². The summed E-state index contributed by atoms with van der Waals surface area (Å²) in [5, 5.41) is 14.6. The number of fused-ring (bicyclic) bond motifs is 1. The molecule has 22 heavy (non-hydrogen) atoms. The van der Waals surface area contributed by atoms with Crippen LogP contribution in [0.15, 0.2) is 53.5 Å². The average Bonchev–Trinajstić information content (AvgIpc) is 2.54. The fourth-order valence-corrected chi connectivity index (χ4v) is 2.45. The van der Waals surface area contributed by atoms with Gasteiger partial charge in [0.15, 0.2) is 0 Å². The molecule has 110 valence electrons. The molecule has 0 spiro atoms. The summed E-state index contributed by atoms with van der Waals surface area (Å²) < 4.78 is 1.26. The molecule has 7 heteroatoms. The molecule has 0 aliphatic carbocycles. The fourth-order valence-electron chi connectivity index (χ4n) is 2.45. The summed E-state index contributed by atoms with van der Waals surface area (Å²) in [7, 11) is 1.54. The number of para-hydroxylation sites is 1. The van der Waals surface area contributed by atoms with Gasteiger partial charge in [-0.3, -0.25) is 19.5 Å². The van der Waals surface area contributed by atoms with Gasteiger partial charge in [-0.15, -0.1) is 0 Å².